The van der Waals surface area contributed by atoms with Crippen LogP contribution in [0.4, 0.5) is 5.82 Å². The summed E-state index contributed by atoms with van der Waals surface area (Å²) in [6.45, 7) is 4.12. The zero-order valence-electron chi connectivity index (χ0n) is 22.2. The lowest BCUT2D eigenvalue weighted by Gasteiger charge is -2.12. The van der Waals surface area contributed by atoms with Gasteiger partial charge in [-0.15, -0.1) is 0 Å². The van der Waals surface area contributed by atoms with Gasteiger partial charge in [-0.2, -0.15) is 0 Å². The van der Waals surface area contributed by atoms with Gasteiger partial charge in [0.25, 0.3) is 0 Å². The molecule has 0 bridgehead atoms. The number of rotatable bonds is 13. The first-order valence-corrected chi connectivity index (χ1v) is 13.8. The van der Waals surface area contributed by atoms with Crippen molar-refractivity contribution in [2.24, 2.45) is 5.73 Å². The van der Waals surface area contributed by atoms with E-state index in [4.69, 9.17) is 22.3 Å². The Morgan fingerprint density at radius 2 is 1.68 bits per heavy atom. The van der Waals surface area contributed by atoms with Crippen LogP contribution < -0.4 is 21.7 Å². The zero-order chi connectivity index (χ0) is 27.7. The largest absolute Gasteiger partial charge is 0.368 e. The number of carbonyl (C=O) groups excluding carboxylic acids is 1. The number of fused-ring (bicyclic) bond motifs is 3. The number of benzene rings is 2. The second-order valence-electron chi connectivity index (χ2n) is 9.58. The molecule has 1 amide bonds. The van der Waals surface area contributed by atoms with Crippen molar-refractivity contribution in [3.63, 3.8) is 0 Å². The van der Waals surface area contributed by atoms with Gasteiger partial charge in [-0.05, 0) is 55.8 Å². The molecule has 3 heterocycles. The molecule has 0 saturated heterocycles. The highest BCUT2D eigenvalue weighted by Gasteiger charge is 2.11. The Labute approximate surface area is 238 Å². The molecule has 40 heavy (non-hydrogen) atoms. The number of primary amides is 1. The number of hydrogen-bond donors (Lipinski definition) is 4. The molecular formula is C31H32ClN7O. The standard InChI is InChI=1S/C31H32ClN7O/c32-27-16-21(19-38-29(27)22-6-2-1-3-7-22)18-35-12-5-4-11-34-14-15-37-31-25-10-13-36-20-26(25)24-9-8-23(30(33)40)17-28(24)39-31/h1-3,6-10,13,16-17,19-20,34-35H,4-5,11-12,14-15,18H2,(H2,33,40)(H,37,39). The van der Waals surface area contributed by atoms with E-state index in [1.54, 1.807) is 18.3 Å². The second-order valence-corrected chi connectivity index (χ2v) is 9.99. The van der Waals surface area contributed by atoms with E-state index in [9.17, 15) is 4.79 Å². The number of anilines is 1. The maximum absolute atomic E-state index is 11.6. The van der Waals surface area contributed by atoms with E-state index in [1.165, 1.54) is 0 Å². The molecule has 0 saturated carbocycles. The maximum Gasteiger partial charge on any atom is 0.248 e. The Hall–Kier alpha value is -4.11. The molecule has 5 rings (SSSR count). The first-order valence-electron chi connectivity index (χ1n) is 13.4. The fraction of sp³-hybridized carbons (Fsp3) is 0.226. The number of amides is 1. The average Bonchev–Trinajstić information content (AvgIpc) is 2.98. The summed E-state index contributed by atoms with van der Waals surface area (Å²) in [6, 6.07) is 19.2. The van der Waals surface area contributed by atoms with Crippen molar-refractivity contribution in [3.05, 3.63) is 95.4 Å². The number of nitrogens with zero attached hydrogens (tertiary/aromatic N) is 3. The topological polar surface area (TPSA) is 118 Å². The van der Waals surface area contributed by atoms with Crippen molar-refractivity contribution in [3.8, 4) is 11.3 Å². The number of aromatic nitrogens is 3. The summed E-state index contributed by atoms with van der Waals surface area (Å²) < 4.78 is 0. The maximum atomic E-state index is 11.6. The van der Waals surface area contributed by atoms with Gasteiger partial charge in [0.15, 0.2) is 0 Å². The molecule has 0 spiro atoms. The molecule has 9 heteroatoms. The summed E-state index contributed by atoms with van der Waals surface area (Å²) in [5.74, 6) is 0.298. The Morgan fingerprint density at radius 1 is 0.850 bits per heavy atom. The van der Waals surface area contributed by atoms with E-state index in [0.717, 1.165) is 84.4 Å². The highest BCUT2D eigenvalue weighted by molar-refractivity contribution is 6.33. The minimum atomic E-state index is -0.470. The average molecular weight is 554 g/mol. The van der Waals surface area contributed by atoms with E-state index < -0.39 is 5.91 Å². The fourth-order valence-electron chi connectivity index (χ4n) is 4.65. The monoisotopic (exact) mass is 553 g/mol. The van der Waals surface area contributed by atoms with E-state index >= 15 is 0 Å². The second kappa shape index (κ2) is 13.3. The lowest BCUT2D eigenvalue weighted by atomic mass is 10.1. The lowest BCUT2D eigenvalue weighted by molar-refractivity contribution is 0.100. The fourth-order valence-corrected chi connectivity index (χ4v) is 4.94. The van der Waals surface area contributed by atoms with Crippen molar-refractivity contribution < 1.29 is 4.79 Å². The molecule has 2 aromatic carbocycles. The molecule has 0 aliphatic carbocycles. The Bertz CT molecular complexity index is 1610. The van der Waals surface area contributed by atoms with Crippen LogP contribution >= 0.6 is 11.6 Å². The van der Waals surface area contributed by atoms with E-state index in [0.29, 0.717) is 16.1 Å². The minimum absolute atomic E-state index is 0.437. The van der Waals surface area contributed by atoms with Crippen LogP contribution in [0.5, 0.6) is 0 Å². The molecule has 8 nitrogen and oxygen atoms in total. The van der Waals surface area contributed by atoms with Crippen molar-refractivity contribution in [1.29, 1.82) is 0 Å². The third-order valence-corrected chi connectivity index (χ3v) is 6.99. The number of carbonyl (C=O) groups is 1. The van der Waals surface area contributed by atoms with E-state index in [-0.39, 0.29) is 0 Å². The van der Waals surface area contributed by atoms with Crippen molar-refractivity contribution >= 4 is 45.0 Å². The number of nitrogens with two attached hydrogens (primary N) is 1. The van der Waals surface area contributed by atoms with Crippen molar-refractivity contribution in [2.45, 2.75) is 19.4 Å². The normalized spacial score (nSPS) is 11.2. The van der Waals surface area contributed by atoms with Gasteiger partial charge in [-0.3, -0.25) is 14.8 Å². The van der Waals surface area contributed by atoms with Crippen LogP contribution in [0.15, 0.2) is 79.3 Å². The molecule has 0 aliphatic rings. The van der Waals surface area contributed by atoms with Crippen LogP contribution in [0.1, 0.15) is 28.8 Å². The summed E-state index contributed by atoms with van der Waals surface area (Å²) in [7, 11) is 0. The molecule has 204 valence electrons. The SMILES string of the molecule is NC(=O)c1ccc2c(c1)nc(NCCNCCCCNCc1cnc(-c3ccccc3)c(Cl)c1)c1ccncc12. The summed E-state index contributed by atoms with van der Waals surface area (Å²) in [5.41, 5.74) is 9.52. The highest BCUT2D eigenvalue weighted by atomic mass is 35.5. The van der Waals surface area contributed by atoms with Gasteiger partial charge < -0.3 is 21.7 Å². The number of halogens is 1. The molecular weight excluding hydrogens is 522 g/mol. The first-order chi connectivity index (χ1) is 19.6. The summed E-state index contributed by atoms with van der Waals surface area (Å²) >= 11 is 6.47. The van der Waals surface area contributed by atoms with E-state index in [2.05, 4.69) is 25.9 Å². The molecule has 0 unspecified atom stereocenters. The molecule has 0 radical (unpaired) electrons. The minimum Gasteiger partial charge on any atom is -0.368 e. The van der Waals surface area contributed by atoms with Crippen LogP contribution in [0.3, 0.4) is 0 Å². The van der Waals surface area contributed by atoms with Gasteiger partial charge in [-0.1, -0.05) is 48.0 Å². The van der Waals surface area contributed by atoms with E-state index in [1.807, 2.05) is 60.9 Å². The van der Waals surface area contributed by atoms with Gasteiger partial charge in [0.1, 0.15) is 5.82 Å². The van der Waals surface area contributed by atoms with Crippen LogP contribution in [-0.2, 0) is 6.54 Å². The Kier molecular flexibility index (Phi) is 9.13. The van der Waals surface area contributed by atoms with Gasteiger partial charge in [0, 0.05) is 65.5 Å². The highest BCUT2D eigenvalue weighted by Crippen LogP contribution is 2.29. The number of unbranched alkanes of at least 4 members (excludes halogenated alkanes) is 1. The third kappa shape index (κ3) is 6.71. The predicted octanol–water partition coefficient (Wildman–Crippen LogP) is 5.17. The van der Waals surface area contributed by atoms with Gasteiger partial charge in [-0.25, -0.2) is 4.98 Å². The van der Waals surface area contributed by atoms with Crippen LogP contribution in [0.25, 0.3) is 32.9 Å². The van der Waals surface area contributed by atoms with Crippen LogP contribution in [0.2, 0.25) is 5.02 Å². The molecule has 5 aromatic rings. The smallest absolute Gasteiger partial charge is 0.248 e. The van der Waals surface area contributed by atoms with Crippen molar-refractivity contribution in [1.82, 2.24) is 25.6 Å². The van der Waals surface area contributed by atoms with Gasteiger partial charge in [0.05, 0.1) is 16.2 Å². The number of hydrogen-bond acceptors (Lipinski definition) is 7. The van der Waals surface area contributed by atoms with Crippen molar-refractivity contribution in [2.75, 3.05) is 31.5 Å². The Morgan fingerprint density at radius 3 is 2.48 bits per heavy atom. The predicted molar refractivity (Wildman–Crippen MR) is 163 cm³/mol. The van der Waals surface area contributed by atoms with Gasteiger partial charge >= 0.3 is 0 Å². The van der Waals surface area contributed by atoms with Crippen LogP contribution in [0, 0.1) is 0 Å². The first kappa shape index (κ1) is 27.5. The van der Waals surface area contributed by atoms with Crippen LogP contribution in [-0.4, -0.2) is 47.0 Å². The third-order valence-electron chi connectivity index (χ3n) is 6.71. The molecule has 5 N–H and O–H groups in total. The Balaban J connectivity index is 1.02. The quantitative estimate of drug-likeness (QED) is 0.117. The molecule has 0 fully saturated rings. The zero-order valence-corrected chi connectivity index (χ0v) is 22.9. The lowest BCUT2D eigenvalue weighted by Crippen LogP contribution is -2.24. The molecule has 0 aliphatic heterocycles. The number of nitrogens with one attached hydrogen (secondary N) is 3. The summed E-state index contributed by atoms with van der Waals surface area (Å²) in [6.07, 6.45) is 7.60. The molecule has 0 atom stereocenters. The number of pyridine rings is 3. The molecule has 3 aromatic heterocycles. The summed E-state index contributed by atoms with van der Waals surface area (Å²) in [5, 5.41) is 14.0. The summed E-state index contributed by atoms with van der Waals surface area (Å²) in [4.78, 5) is 25.2. The van der Waals surface area contributed by atoms with Gasteiger partial charge in [0.2, 0.25) is 5.91 Å².